The maximum atomic E-state index is 13.4. The van der Waals surface area contributed by atoms with Crippen molar-refractivity contribution in [2.24, 2.45) is 5.92 Å². The number of rotatable bonds is 3. The standard InChI is InChI=1S/C14H14ClF3N2O4/c1-2-24-11(21)9-10(7-5-3-4-6-8(7)15)19-12(22)20-13(9,23)14(16,17)18/h3-6,9-10,23H,2H2,1H3,(H2,19,20,22)/t9-,10+,13-/m0/s1. The summed E-state index contributed by atoms with van der Waals surface area (Å²) < 4.78 is 44.9. The molecule has 132 valence electrons. The summed E-state index contributed by atoms with van der Waals surface area (Å²) in [6.07, 6.45) is -5.32. The number of urea groups is 1. The summed E-state index contributed by atoms with van der Waals surface area (Å²) in [6, 6.07) is 2.92. The highest BCUT2D eigenvalue weighted by Gasteiger charge is 2.67. The second kappa shape index (κ2) is 6.48. The van der Waals surface area contributed by atoms with Gasteiger partial charge in [-0.15, -0.1) is 0 Å². The third kappa shape index (κ3) is 3.13. The topological polar surface area (TPSA) is 87.7 Å². The number of carbonyl (C=O) groups is 2. The van der Waals surface area contributed by atoms with Crippen molar-refractivity contribution in [1.82, 2.24) is 10.6 Å². The van der Waals surface area contributed by atoms with E-state index in [4.69, 9.17) is 11.6 Å². The zero-order valence-corrected chi connectivity index (χ0v) is 13.1. The Morgan fingerprint density at radius 1 is 1.42 bits per heavy atom. The normalized spacial score (nSPS) is 27.2. The van der Waals surface area contributed by atoms with Crippen LogP contribution in [0.5, 0.6) is 0 Å². The van der Waals surface area contributed by atoms with E-state index in [1.165, 1.54) is 36.5 Å². The molecule has 0 saturated carbocycles. The van der Waals surface area contributed by atoms with E-state index in [9.17, 15) is 27.9 Å². The molecule has 0 aromatic heterocycles. The van der Waals surface area contributed by atoms with Crippen molar-refractivity contribution in [3.05, 3.63) is 34.9 Å². The minimum atomic E-state index is -5.32. The highest BCUT2D eigenvalue weighted by molar-refractivity contribution is 6.31. The molecule has 1 aliphatic rings. The van der Waals surface area contributed by atoms with E-state index in [1.807, 2.05) is 0 Å². The first-order valence-electron chi connectivity index (χ1n) is 6.90. The van der Waals surface area contributed by atoms with Gasteiger partial charge in [0.1, 0.15) is 5.92 Å². The minimum Gasteiger partial charge on any atom is -0.466 e. The van der Waals surface area contributed by atoms with E-state index in [2.05, 4.69) is 10.1 Å². The van der Waals surface area contributed by atoms with Crippen molar-refractivity contribution >= 4 is 23.6 Å². The zero-order chi connectivity index (χ0) is 18.1. The van der Waals surface area contributed by atoms with Gasteiger partial charge < -0.3 is 20.5 Å². The molecular weight excluding hydrogens is 353 g/mol. The summed E-state index contributed by atoms with van der Waals surface area (Å²) in [7, 11) is 0. The molecule has 1 fully saturated rings. The number of aliphatic hydroxyl groups is 1. The molecule has 0 radical (unpaired) electrons. The minimum absolute atomic E-state index is 0.0310. The van der Waals surface area contributed by atoms with Gasteiger partial charge in [-0.1, -0.05) is 29.8 Å². The fourth-order valence-corrected chi connectivity index (χ4v) is 2.78. The average molecular weight is 367 g/mol. The van der Waals surface area contributed by atoms with Crippen LogP contribution in [0, 0.1) is 5.92 Å². The van der Waals surface area contributed by atoms with Gasteiger partial charge in [0, 0.05) is 5.02 Å². The Bertz CT molecular complexity index is 655. The summed E-state index contributed by atoms with van der Waals surface area (Å²) in [5, 5.41) is 13.7. The van der Waals surface area contributed by atoms with Crippen LogP contribution >= 0.6 is 11.6 Å². The number of nitrogens with one attached hydrogen (secondary N) is 2. The number of hydrogen-bond donors (Lipinski definition) is 3. The molecule has 1 aromatic rings. The number of hydrogen-bond acceptors (Lipinski definition) is 4. The first kappa shape index (κ1) is 18.3. The number of amides is 2. The number of halogens is 4. The first-order chi connectivity index (χ1) is 11.1. The number of benzene rings is 1. The van der Waals surface area contributed by atoms with Gasteiger partial charge in [0.25, 0.3) is 5.72 Å². The van der Waals surface area contributed by atoms with Gasteiger partial charge in [-0.25, -0.2) is 4.79 Å². The molecule has 2 rings (SSSR count). The van der Waals surface area contributed by atoms with Crippen molar-refractivity contribution in [2.75, 3.05) is 6.61 Å². The third-order valence-electron chi connectivity index (χ3n) is 3.59. The van der Waals surface area contributed by atoms with Crippen LogP contribution in [0.15, 0.2) is 24.3 Å². The molecule has 3 atom stereocenters. The van der Waals surface area contributed by atoms with Crippen LogP contribution in [0.2, 0.25) is 5.02 Å². The van der Waals surface area contributed by atoms with Gasteiger partial charge in [0.05, 0.1) is 12.6 Å². The van der Waals surface area contributed by atoms with Gasteiger partial charge in [-0.2, -0.15) is 13.2 Å². The molecule has 3 N–H and O–H groups in total. The van der Waals surface area contributed by atoms with Crippen LogP contribution in [-0.4, -0.2) is 35.6 Å². The smallest absolute Gasteiger partial charge is 0.437 e. The first-order valence-corrected chi connectivity index (χ1v) is 7.28. The zero-order valence-electron chi connectivity index (χ0n) is 12.4. The lowest BCUT2D eigenvalue weighted by atomic mass is 9.82. The maximum Gasteiger partial charge on any atom is 0.437 e. The van der Waals surface area contributed by atoms with Crippen LogP contribution in [0.3, 0.4) is 0 Å². The van der Waals surface area contributed by atoms with E-state index < -0.39 is 35.9 Å². The van der Waals surface area contributed by atoms with Gasteiger partial charge in [-0.05, 0) is 18.6 Å². The lowest BCUT2D eigenvalue weighted by Crippen LogP contribution is -2.73. The van der Waals surface area contributed by atoms with E-state index >= 15 is 0 Å². The van der Waals surface area contributed by atoms with Crippen LogP contribution in [0.25, 0.3) is 0 Å². The molecular formula is C14H14ClF3N2O4. The van der Waals surface area contributed by atoms with Gasteiger partial charge in [0.2, 0.25) is 0 Å². The lowest BCUT2D eigenvalue weighted by Gasteiger charge is -2.44. The maximum absolute atomic E-state index is 13.4. The Balaban J connectivity index is 2.60. The van der Waals surface area contributed by atoms with Crippen molar-refractivity contribution in [1.29, 1.82) is 0 Å². The highest BCUT2D eigenvalue weighted by Crippen LogP contribution is 2.44. The van der Waals surface area contributed by atoms with E-state index in [0.717, 1.165) is 0 Å². The molecule has 0 unspecified atom stereocenters. The monoisotopic (exact) mass is 366 g/mol. The fraction of sp³-hybridized carbons (Fsp3) is 0.429. The van der Waals surface area contributed by atoms with Gasteiger partial charge in [0.15, 0.2) is 0 Å². The lowest BCUT2D eigenvalue weighted by molar-refractivity contribution is -0.294. The Hall–Kier alpha value is -2.00. The summed E-state index contributed by atoms with van der Waals surface area (Å²) in [5.41, 5.74) is -3.75. The molecule has 0 spiro atoms. The number of ether oxygens (including phenoxy) is 1. The van der Waals surface area contributed by atoms with Crippen LogP contribution < -0.4 is 10.6 Å². The van der Waals surface area contributed by atoms with Crippen LogP contribution in [-0.2, 0) is 9.53 Å². The molecule has 1 saturated heterocycles. The third-order valence-corrected chi connectivity index (χ3v) is 3.93. The van der Waals surface area contributed by atoms with Crippen molar-refractivity contribution < 1.29 is 32.6 Å². The Labute approximate surface area is 139 Å². The summed E-state index contributed by atoms with van der Waals surface area (Å²) in [5.74, 6) is -3.51. The molecule has 24 heavy (non-hydrogen) atoms. The highest BCUT2D eigenvalue weighted by atomic mass is 35.5. The van der Waals surface area contributed by atoms with E-state index in [0.29, 0.717) is 0 Å². The van der Waals surface area contributed by atoms with E-state index in [1.54, 1.807) is 0 Å². The second-order valence-corrected chi connectivity index (χ2v) is 5.50. The number of alkyl halides is 3. The van der Waals surface area contributed by atoms with Crippen molar-refractivity contribution in [2.45, 2.75) is 24.9 Å². The molecule has 0 bridgehead atoms. The van der Waals surface area contributed by atoms with Crippen molar-refractivity contribution in [3.8, 4) is 0 Å². The van der Waals surface area contributed by atoms with Crippen LogP contribution in [0.1, 0.15) is 18.5 Å². The predicted octanol–water partition coefficient (Wildman–Crippen LogP) is 2.12. The Kier molecular flexibility index (Phi) is 4.95. The number of carbonyl (C=O) groups excluding carboxylic acids is 2. The SMILES string of the molecule is CCOC(=O)[C@@H]1[C@@H](c2ccccc2Cl)NC(=O)N[C@@]1(O)C(F)(F)F. The molecule has 10 heteroatoms. The average Bonchev–Trinajstić information content (AvgIpc) is 2.45. The summed E-state index contributed by atoms with van der Waals surface area (Å²) in [4.78, 5) is 23.8. The molecule has 1 aromatic carbocycles. The predicted molar refractivity (Wildman–Crippen MR) is 77.0 cm³/mol. The van der Waals surface area contributed by atoms with E-state index in [-0.39, 0.29) is 17.2 Å². The largest absolute Gasteiger partial charge is 0.466 e. The van der Waals surface area contributed by atoms with Gasteiger partial charge in [-0.3, -0.25) is 4.79 Å². The molecule has 2 amide bonds. The molecule has 0 aliphatic carbocycles. The number of esters is 1. The Morgan fingerprint density at radius 2 is 2.04 bits per heavy atom. The fourth-order valence-electron chi connectivity index (χ4n) is 2.52. The van der Waals surface area contributed by atoms with Crippen molar-refractivity contribution in [3.63, 3.8) is 0 Å². The van der Waals surface area contributed by atoms with Crippen LogP contribution in [0.4, 0.5) is 18.0 Å². The molecule has 6 nitrogen and oxygen atoms in total. The summed E-state index contributed by atoms with van der Waals surface area (Å²) >= 11 is 5.97. The quantitative estimate of drug-likeness (QED) is 0.715. The Morgan fingerprint density at radius 3 is 2.58 bits per heavy atom. The summed E-state index contributed by atoms with van der Waals surface area (Å²) in [6.45, 7) is 1.20. The second-order valence-electron chi connectivity index (χ2n) is 5.09. The molecule has 1 aliphatic heterocycles. The molecule has 1 heterocycles. The van der Waals surface area contributed by atoms with Gasteiger partial charge >= 0.3 is 18.2 Å².